The molecule has 0 bridgehead atoms. The molecule has 70 valence electrons. The fourth-order valence-corrected chi connectivity index (χ4v) is 1.14. The minimum atomic E-state index is -2.90. The van der Waals surface area contributed by atoms with E-state index >= 15 is 0 Å². The second-order valence-corrected chi connectivity index (χ2v) is 2.94. The molecule has 1 aromatic rings. The minimum Gasteiger partial charge on any atom is -0.505 e. The minimum absolute atomic E-state index is 0.103. The summed E-state index contributed by atoms with van der Waals surface area (Å²) in [6, 6.07) is 0. The monoisotopic (exact) mass is 251 g/mol. The number of aromatic nitrogens is 1. The molecule has 1 N–H and O–H groups in total. The Labute approximate surface area is 80.5 Å². The van der Waals surface area contributed by atoms with Crippen molar-refractivity contribution >= 4 is 22.2 Å². The van der Waals surface area contributed by atoms with Crippen molar-refractivity contribution in [3.8, 4) is 5.75 Å². The highest BCUT2D eigenvalue weighted by Crippen LogP contribution is 2.34. The zero-order valence-electron chi connectivity index (χ0n) is 6.17. The number of carbonyl (C=O) groups excluding carboxylic acids is 1. The first-order chi connectivity index (χ1) is 6.07. The van der Waals surface area contributed by atoms with Gasteiger partial charge in [-0.1, -0.05) is 0 Å². The van der Waals surface area contributed by atoms with Gasteiger partial charge in [0.2, 0.25) is 0 Å². The van der Waals surface area contributed by atoms with E-state index in [1.54, 1.807) is 0 Å². The van der Waals surface area contributed by atoms with Gasteiger partial charge in [-0.15, -0.1) is 0 Å². The Bertz CT molecular complexity index is 344. The number of hydrogen-bond acceptors (Lipinski definition) is 3. The molecule has 13 heavy (non-hydrogen) atoms. The number of aromatic hydroxyl groups is 1. The third-order valence-electron chi connectivity index (χ3n) is 1.42. The molecule has 0 spiro atoms. The van der Waals surface area contributed by atoms with Crippen molar-refractivity contribution in [1.82, 2.24) is 4.98 Å². The van der Waals surface area contributed by atoms with E-state index in [4.69, 9.17) is 5.11 Å². The lowest BCUT2D eigenvalue weighted by molar-refractivity contribution is 0.110. The maximum Gasteiger partial charge on any atom is 0.268 e. The molecule has 1 rings (SSSR count). The van der Waals surface area contributed by atoms with Crippen molar-refractivity contribution in [2.75, 3.05) is 0 Å². The Balaban J connectivity index is 3.41. The number of alkyl halides is 2. The first-order valence-electron chi connectivity index (χ1n) is 3.18. The highest BCUT2D eigenvalue weighted by molar-refractivity contribution is 9.10. The predicted octanol–water partition coefficient (Wildman–Crippen LogP) is 2.30. The van der Waals surface area contributed by atoms with Crippen LogP contribution in [0.5, 0.6) is 5.75 Å². The smallest absolute Gasteiger partial charge is 0.268 e. The number of rotatable bonds is 2. The zero-order chi connectivity index (χ0) is 10.0. The van der Waals surface area contributed by atoms with Crippen molar-refractivity contribution < 1.29 is 18.7 Å². The van der Waals surface area contributed by atoms with E-state index in [1.807, 2.05) is 0 Å². The molecule has 0 saturated carbocycles. The normalized spacial score (nSPS) is 10.5. The third-order valence-corrected chi connectivity index (χ3v) is 2.00. The first-order valence-corrected chi connectivity index (χ1v) is 3.98. The van der Waals surface area contributed by atoms with Crippen LogP contribution in [-0.4, -0.2) is 16.4 Å². The number of halogens is 3. The van der Waals surface area contributed by atoms with Crippen LogP contribution in [0.2, 0.25) is 0 Å². The van der Waals surface area contributed by atoms with Gasteiger partial charge in [0.05, 0.1) is 5.56 Å². The van der Waals surface area contributed by atoms with Gasteiger partial charge < -0.3 is 5.11 Å². The van der Waals surface area contributed by atoms with Gasteiger partial charge in [-0.2, -0.15) is 0 Å². The van der Waals surface area contributed by atoms with Gasteiger partial charge in [0.15, 0.2) is 12.0 Å². The van der Waals surface area contributed by atoms with E-state index in [9.17, 15) is 13.6 Å². The topological polar surface area (TPSA) is 50.2 Å². The molecular weight excluding hydrogens is 248 g/mol. The highest BCUT2D eigenvalue weighted by atomic mass is 79.9. The molecule has 0 fully saturated rings. The fraction of sp³-hybridized carbons (Fsp3) is 0.143. The van der Waals surface area contributed by atoms with Crippen LogP contribution in [0, 0.1) is 0 Å². The van der Waals surface area contributed by atoms with Crippen molar-refractivity contribution in [2.24, 2.45) is 0 Å². The highest BCUT2D eigenvalue weighted by Gasteiger charge is 2.20. The summed E-state index contributed by atoms with van der Waals surface area (Å²) >= 11 is 2.77. The second-order valence-electron chi connectivity index (χ2n) is 2.19. The predicted molar refractivity (Wildman–Crippen MR) is 43.9 cm³/mol. The summed E-state index contributed by atoms with van der Waals surface area (Å²) in [5.41, 5.74) is -1.01. The molecule has 1 aromatic heterocycles. The number of aldehydes is 1. The van der Waals surface area contributed by atoms with E-state index < -0.39 is 17.7 Å². The SMILES string of the molecule is O=Cc1cnc(Br)c(O)c1C(F)F. The summed E-state index contributed by atoms with van der Waals surface area (Å²) in [6.45, 7) is 0. The van der Waals surface area contributed by atoms with E-state index in [0.29, 0.717) is 0 Å². The summed E-state index contributed by atoms with van der Waals surface area (Å²) in [7, 11) is 0. The fourth-order valence-electron chi connectivity index (χ4n) is 0.828. The second kappa shape index (κ2) is 3.78. The molecule has 0 atom stereocenters. The van der Waals surface area contributed by atoms with Crippen molar-refractivity contribution in [3.05, 3.63) is 21.9 Å². The molecule has 0 saturated heterocycles. The molecule has 0 radical (unpaired) electrons. The van der Waals surface area contributed by atoms with Crippen LogP contribution in [0.1, 0.15) is 22.3 Å². The van der Waals surface area contributed by atoms with E-state index in [-0.39, 0.29) is 16.5 Å². The van der Waals surface area contributed by atoms with Crippen LogP contribution >= 0.6 is 15.9 Å². The molecule has 1 heterocycles. The standard InChI is InChI=1S/C7H4BrF2NO2/c8-6-5(13)4(7(9)10)3(2-12)1-11-6/h1-2,7,13H. The molecule has 0 unspecified atom stereocenters. The molecule has 0 aliphatic rings. The van der Waals surface area contributed by atoms with Gasteiger partial charge in [0, 0.05) is 11.8 Å². The molecule has 0 aromatic carbocycles. The van der Waals surface area contributed by atoms with Gasteiger partial charge in [0.25, 0.3) is 6.43 Å². The van der Waals surface area contributed by atoms with Crippen molar-refractivity contribution in [1.29, 1.82) is 0 Å². The van der Waals surface area contributed by atoms with Gasteiger partial charge in [0.1, 0.15) is 4.60 Å². The molecule has 6 heteroatoms. The van der Waals surface area contributed by atoms with Crippen LogP contribution in [-0.2, 0) is 0 Å². The Morgan fingerprint density at radius 3 is 2.69 bits per heavy atom. The summed E-state index contributed by atoms with van der Waals surface area (Å²) in [4.78, 5) is 13.8. The molecule has 3 nitrogen and oxygen atoms in total. The van der Waals surface area contributed by atoms with Gasteiger partial charge >= 0.3 is 0 Å². The molecule has 0 amide bonds. The number of carbonyl (C=O) groups is 1. The summed E-state index contributed by atoms with van der Waals surface area (Å²) in [5, 5.41) is 9.13. The maximum atomic E-state index is 12.3. The van der Waals surface area contributed by atoms with Crippen LogP contribution < -0.4 is 0 Å². The van der Waals surface area contributed by atoms with Crippen LogP contribution in [0.4, 0.5) is 8.78 Å². The third kappa shape index (κ3) is 1.82. The van der Waals surface area contributed by atoms with Crippen molar-refractivity contribution in [3.63, 3.8) is 0 Å². The Morgan fingerprint density at radius 2 is 2.23 bits per heavy atom. The van der Waals surface area contributed by atoms with Gasteiger partial charge in [-0.05, 0) is 15.9 Å². The van der Waals surface area contributed by atoms with Gasteiger partial charge in [-0.25, -0.2) is 13.8 Å². The zero-order valence-corrected chi connectivity index (χ0v) is 7.75. The first kappa shape index (κ1) is 10.0. The number of pyridine rings is 1. The lowest BCUT2D eigenvalue weighted by atomic mass is 10.1. The Morgan fingerprint density at radius 1 is 1.62 bits per heavy atom. The van der Waals surface area contributed by atoms with E-state index in [0.717, 1.165) is 6.20 Å². The molecular formula is C7H4BrF2NO2. The van der Waals surface area contributed by atoms with E-state index in [1.165, 1.54) is 0 Å². The quantitative estimate of drug-likeness (QED) is 0.648. The van der Waals surface area contributed by atoms with Crippen LogP contribution in [0.15, 0.2) is 10.8 Å². The molecule has 0 aliphatic carbocycles. The Hall–Kier alpha value is -1.04. The number of nitrogens with zero attached hydrogens (tertiary/aromatic N) is 1. The average molecular weight is 252 g/mol. The summed E-state index contributed by atoms with van der Waals surface area (Å²) < 4.78 is 24.5. The van der Waals surface area contributed by atoms with Crippen molar-refractivity contribution in [2.45, 2.75) is 6.43 Å². The number of hydrogen-bond donors (Lipinski definition) is 1. The largest absolute Gasteiger partial charge is 0.505 e. The lowest BCUT2D eigenvalue weighted by Crippen LogP contribution is -1.96. The lowest BCUT2D eigenvalue weighted by Gasteiger charge is -2.06. The Kier molecular flexibility index (Phi) is 2.92. The van der Waals surface area contributed by atoms with Gasteiger partial charge in [-0.3, -0.25) is 4.79 Å². The van der Waals surface area contributed by atoms with Crippen LogP contribution in [0.3, 0.4) is 0 Å². The molecule has 0 aliphatic heterocycles. The van der Waals surface area contributed by atoms with E-state index in [2.05, 4.69) is 20.9 Å². The summed E-state index contributed by atoms with van der Waals surface area (Å²) in [5.74, 6) is -0.695. The summed E-state index contributed by atoms with van der Waals surface area (Å²) in [6.07, 6.45) is -1.71. The average Bonchev–Trinajstić information content (AvgIpc) is 2.08. The van der Waals surface area contributed by atoms with Crippen LogP contribution in [0.25, 0.3) is 0 Å². The maximum absolute atomic E-state index is 12.3.